The molecule has 3 N–H and O–H groups in total. The SMILES string of the molecule is CCOCc1nc(N)cc(NCc2ccnc(OC)c2)n1. The van der Waals surface area contributed by atoms with E-state index in [1.54, 1.807) is 19.4 Å². The van der Waals surface area contributed by atoms with E-state index < -0.39 is 0 Å². The van der Waals surface area contributed by atoms with Crippen LogP contribution in [0.3, 0.4) is 0 Å². The molecule has 0 amide bonds. The zero-order chi connectivity index (χ0) is 15.1. The molecular formula is C14H19N5O2. The third-order valence-electron chi connectivity index (χ3n) is 2.71. The van der Waals surface area contributed by atoms with E-state index in [0.29, 0.717) is 43.1 Å². The Balaban J connectivity index is 2.03. The van der Waals surface area contributed by atoms with Gasteiger partial charge in [0.2, 0.25) is 5.88 Å². The van der Waals surface area contributed by atoms with Crippen molar-refractivity contribution in [1.82, 2.24) is 15.0 Å². The van der Waals surface area contributed by atoms with Crippen molar-refractivity contribution in [3.8, 4) is 5.88 Å². The van der Waals surface area contributed by atoms with Crippen LogP contribution in [-0.4, -0.2) is 28.7 Å². The number of hydrogen-bond acceptors (Lipinski definition) is 7. The molecule has 2 rings (SSSR count). The molecule has 0 spiro atoms. The van der Waals surface area contributed by atoms with Crippen LogP contribution in [0.2, 0.25) is 0 Å². The number of pyridine rings is 1. The van der Waals surface area contributed by atoms with E-state index in [1.807, 2.05) is 19.1 Å². The number of nitrogens with zero attached hydrogens (tertiary/aromatic N) is 3. The Bertz CT molecular complexity index is 591. The molecule has 0 aliphatic rings. The summed E-state index contributed by atoms with van der Waals surface area (Å²) in [6.07, 6.45) is 1.70. The highest BCUT2D eigenvalue weighted by atomic mass is 16.5. The predicted octanol–water partition coefficient (Wildman–Crippen LogP) is 1.61. The third kappa shape index (κ3) is 4.57. The summed E-state index contributed by atoms with van der Waals surface area (Å²) >= 11 is 0. The molecule has 2 heterocycles. The molecular weight excluding hydrogens is 270 g/mol. The number of methoxy groups -OCH3 is 1. The van der Waals surface area contributed by atoms with Gasteiger partial charge in [-0.2, -0.15) is 0 Å². The number of nitrogens with two attached hydrogens (primary N) is 1. The normalized spacial score (nSPS) is 10.4. The van der Waals surface area contributed by atoms with Crippen LogP contribution in [-0.2, 0) is 17.9 Å². The quantitative estimate of drug-likeness (QED) is 0.799. The number of nitrogens with one attached hydrogen (secondary N) is 1. The van der Waals surface area contributed by atoms with Crippen LogP contribution in [0.5, 0.6) is 5.88 Å². The molecule has 0 bridgehead atoms. The molecule has 0 saturated heterocycles. The zero-order valence-corrected chi connectivity index (χ0v) is 12.2. The topological polar surface area (TPSA) is 95.2 Å². The van der Waals surface area contributed by atoms with Crippen molar-refractivity contribution in [3.63, 3.8) is 0 Å². The van der Waals surface area contributed by atoms with Gasteiger partial charge in [-0.3, -0.25) is 0 Å². The van der Waals surface area contributed by atoms with E-state index in [1.165, 1.54) is 0 Å². The summed E-state index contributed by atoms with van der Waals surface area (Å²) in [5.74, 6) is 2.21. The second-order valence-electron chi connectivity index (χ2n) is 4.29. The van der Waals surface area contributed by atoms with Crippen LogP contribution in [0.4, 0.5) is 11.6 Å². The van der Waals surface area contributed by atoms with Gasteiger partial charge in [-0.05, 0) is 18.6 Å². The molecule has 0 aliphatic heterocycles. The first kappa shape index (κ1) is 15.0. The fourth-order valence-corrected chi connectivity index (χ4v) is 1.73. The first-order chi connectivity index (χ1) is 10.2. The maximum Gasteiger partial charge on any atom is 0.213 e. The third-order valence-corrected chi connectivity index (χ3v) is 2.71. The van der Waals surface area contributed by atoms with E-state index in [4.69, 9.17) is 15.2 Å². The molecule has 0 aliphatic carbocycles. The number of ether oxygens (including phenoxy) is 2. The van der Waals surface area contributed by atoms with Gasteiger partial charge in [-0.15, -0.1) is 0 Å². The highest BCUT2D eigenvalue weighted by Crippen LogP contribution is 2.13. The van der Waals surface area contributed by atoms with Gasteiger partial charge in [0, 0.05) is 31.5 Å². The molecule has 21 heavy (non-hydrogen) atoms. The van der Waals surface area contributed by atoms with E-state index >= 15 is 0 Å². The summed E-state index contributed by atoms with van der Waals surface area (Å²) in [6, 6.07) is 5.45. The van der Waals surface area contributed by atoms with Crippen LogP contribution >= 0.6 is 0 Å². The lowest BCUT2D eigenvalue weighted by molar-refractivity contribution is 0.128. The Hall–Kier alpha value is -2.41. The van der Waals surface area contributed by atoms with Gasteiger partial charge in [0.05, 0.1) is 7.11 Å². The molecule has 0 saturated carbocycles. The minimum Gasteiger partial charge on any atom is -0.481 e. The van der Waals surface area contributed by atoms with Gasteiger partial charge >= 0.3 is 0 Å². The molecule has 2 aromatic heterocycles. The van der Waals surface area contributed by atoms with Crippen LogP contribution < -0.4 is 15.8 Å². The molecule has 112 valence electrons. The molecule has 0 radical (unpaired) electrons. The van der Waals surface area contributed by atoms with Crippen molar-refractivity contribution in [2.45, 2.75) is 20.1 Å². The molecule has 0 unspecified atom stereocenters. The average molecular weight is 289 g/mol. The molecule has 7 heteroatoms. The standard InChI is InChI=1S/C14H19N5O2/c1-3-21-9-13-18-11(15)7-12(19-13)17-8-10-4-5-16-14(6-10)20-2/h4-7H,3,8-9H2,1-2H3,(H3,15,17,18,19). The Kier molecular flexibility index (Phi) is 5.28. The van der Waals surface area contributed by atoms with E-state index in [9.17, 15) is 0 Å². The van der Waals surface area contributed by atoms with Crippen molar-refractivity contribution >= 4 is 11.6 Å². The predicted molar refractivity (Wildman–Crippen MR) is 79.9 cm³/mol. The summed E-state index contributed by atoms with van der Waals surface area (Å²) in [6.45, 7) is 3.46. The van der Waals surface area contributed by atoms with Crippen molar-refractivity contribution in [1.29, 1.82) is 0 Å². The van der Waals surface area contributed by atoms with Crippen molar-refractivity contribution in [3.05, 3.63) is 35.8 Å². The van der Waals surface area contributed by atoms with E-state index in [2.05, 4.69) is 20.3 Å². The molecule has 0 fully saturated rings. The van der Waals surface area contributed by atoms with Crippen LogP contribution in [0.1, 0.15) is 18.3 Å². The number of nitrogen functional groups attached to an aromatic ring is 1. The fraction of sp³-hybridized carbons (Fsp3) is 0.357. The molecule has 0 atom stereocenters. The Morgan fingerprint density at radius 3 is 2.90 bits per heavy atom. The Morgan fingerprint density at radius 2 is 2.14 bits per heavy atom. The van der Waals surface area contributed by atoms with Gasteiger partial charge in [-0.1, -0.05) is 0 Å². The number of hydrogen-bond donors (Lipinski definition) is 2. The van der Waals surface area contributed by atoms with Gasteiger partial charge in [0.15, 0.2) is 5.82 Å². The highest BCUT2D eigenvalue weighted by molar-refractivity contribution is 5.45. The number of anilines is 2. The van der Waals surface area contributed by atoms with Crippen molar-refractivity contribution in [2.75, 3.05) is 24.8 Å². The van der Waals surface area contributed by atoms with Crippen molar-refractivity contribution in [2.24, 2.45) is 0 Å². The second-order valence-corrected chi connectivity index (χ2v) is 4.29. The minimum atomic E-state index is 0.347. The zero-order valence-electron chi connectivity index (χ0n) is 12.2. The smallest absolute Gasteiger partial charge is 0.213 e. The lowest BCUT2D eigenvalue weighted by Gasteiger charge is -2.09. The second kappa shape index (κ2) is 7.39. The lowest BCUT2D eigenvalue weighted by Crippen LogP contribution is -2.08. The molecule has 7 nitrogen and oxygen atoms in total. The summed E-state index contributed by atoms with van der Waals surface area (Å²) in [5.41, 5.74) is 6.80. The van der Waals surface area contributed by atoms with E-state index in [0.717, 1.165) is 5.56 Å². The van der Waals surface area contributed by atoms with Gasteiger partial charge < -0.3 is 20.5 Å². The molecule has 2 aromatic rings. The molecule has 0 aromatic carbocycles. The number of aromatic nitrogens is 3. The van der Waals surface area contributed by atoms with Crippen LogP contribution in [0, 0.1) is 0 Å². The van der Waals surface area contributed by atoms with Gasteiger partial charge in [0.1, 0.15) is 18.2 Å². The Labute approximate surface area is 123 Å². The monoisotopic (exact) mass is 289 g/mol. The Morgan fingerprint density at radius 1 is 1.29 bits per heavy atom. The first-order valence-electron chi connectivity index (χ1n) is 6.65. The summed E-state index contributed by atoms with van der Waals surface area (Å²) < 4.78 is 10.4. The van der Waals surface area contributed by atoms with Crippen molar-refractivity contribution < 1.29 is 9.47 Å². The van der Waals surface area contributed by atoms with E-state index in [-0.39, 0.29) is 0 Å². The largest absolute Gasteiger partial charge is 0.481 e. The number of rotatable bonds is 7. The lowest BCUT2D eigenvalue weighted by atomic mass is 10.2. The summed E-state index contributed by atoms with van der Waals surface area (Å²) in [7, 11) is 1.59. The maximum atomic E-state index is 5.77. The van der Waals surface area contributed by atoms with Gasteiger partial charge in [-0.25, -0.2) is 15.0 Å². The first-order valence-corrected chi connectivity index (χ1v) is 6.65. The maximum absolute atomic E-state index is 5.77. The minimum absolute atomic E-state index is 0.347. The van der Waals surface area contributed by atoms with Crippen LogP contribution in [0.25, 0.3) is 0 Å². The fourth-order valence-electron chi connectivity index (χ4n) is 1.73. The van der Waals surface area contributed by atoms with Crippen LogP contribution in [0.15, 0.2) is 24.4 Å². The summed E-state index contributed by atoms with van der Waals surface area (Å²) in [5, 5.41) is 3.20. The van der Waals surface area contributed by atoms with Gasteiger partial charge in [0.25, 0.3) is 0 Å². The highest BCUT2D eigenvalue weighted by Gasteiger charge is 2.04. The summed E-state index contributed by atoms with van der Waals surface area (Å²) in [4.78, 5) is 12.5. The average Bonchev–Trinajstić information content (AvgIpc) is 2.50.